The van der Waals surface area contributed by atoms with Gasteiger partial charge in [-0.2, -0.15) is 0 Å². The molecule has 2 aromatic heterocycles. The third kappa shape index (κ3) is 3.45. The van der Waals surface area contributed by atoms with E-state index < -0.39 is 0 Å². The second-order valence-electron chi connectivity index (χ2n) is 6.99. The van der Waals surface area contributed by atoms with Gasteiger partial charge in [0.1, 0.15) is 0 Å². The van der Waals surface area contributed by atoms with Crippen molar-refractivity contribution in [2.24, 2.45) is 0 Å². The predicted molar refractivity (Wildman–Crippen MR) is 106 cm³/mol. The lowest BCUT2D eigenvalue weighted by Crippen LogP contribution is -2.32. The Kier molecular flexibility index (Phi) is 4.90. The number of amides is 1. The van der Waals surface area contributed by atoms with Gasteiger partial charge in [0, 0.05) is 12.6 Å². The number of thioether (sulfide) groups is 1. The fraction of sp³-hybridized carbons (Fsp3) is 0.474. The van der Waals surface area contributed by atoms with E-state index in [1.54, 1.807) is 4.57 Å². The van der Waals surface area contributed by atoms with Crippen molar-refractivity contribution >= 4 is 34.3 Å². The van der Waals surface area contributed by atoms with Crippen LogP contribution < -0.4 is 10.9 Å². The molecule has 0 saturated heterocycles. The van der Waals surface area contributed by atoms with E-state index in [9.17, 15) is 9.59 Å². The Morgan fingerprint density at radius 1 is 1.33 bits per heavy atom. The Bertz CT molecular complexity index is 1050. The maximum atomic E-state index is 12.9. The zero-order valence-electron chi connectivity index (χ0n) is 15.5. The van der Waals surface area contributed by atoms with Crippen molar-refractivity contribution < 1.29 is 4.79 Å². The van der Waals surface area contributed by atoms with E-state index in [1.165, 1.54) is 11.8 Å². The summed E-state index contributed by atoms with van der Waals surface area (Å²) in [6.45, 7) is 4.57. The van der Waals surface area contributed by atoms with Crippen LogP contribution in [0.5, 0.6) is 0 Å². The minimum Gasteiger partial charge on any atom is -0.352 e. The smallest absolute Gasteiger partial charge is 0.262 e. The second kappa shape index (κ2) is 7.34. The minimum absolute atomic E-state index is 0.0165. The van der Waals surface area contributed by atoms with Crippen molar-refractivity contribution in [2.45, 2.75) is 62.5 Å². The maximum absolute atomic E-state index is 12.9. The predicted octanol–water partition coefficient (Wildman–Crippen LogP) is 2.60. The van der Waals surface area contributed by atoms with Crippen molar-refractivity contribution in [3.05, 3.63) is 34.6 Å². The van der Waals surface area contributed by atoms with Gasteiger partial charge in [0.2, 0.25) is 11.7 Å². The van der Waals surface area contributed by atoms with Gasteiger partial charge >= 0.3 is 0 Å². The van der Waals surface area contributed by atoms with Crippen LogP contribution in [-0.4, -0.2) is 36.4 Å². The molecule has 27 heavy (non-hydrogen) atoms. The molecule has 2 heterocycles. The summed E-state index contributed by atoms with van der Waals surface area (Å²) in [7, 11) is 0. The van der Waals surface area contributed by atoms with Crippen molar-refractivity contribution in [3.63, 3.8) is 0 Å². The second-order valence-corrected chi connectivity index (χ2v) is 8.30. The van der Waals surface area contributed by atoms with Gasteiger partial charge in [-0.25, -0.2) is 0 Å². The molecule has 4 rings (SSSR count). The van der Waals surface area contributed by atoms with Crippen LogP contribution in [0.25, 0.3) is 16.7 Å². The number of aromatic nitrogens is 4. The largest absolute Gasteiger partial charge is 0.352 e. The number of para-hydroxylation sites is 1. The molecule has 7 nitrogen and oxygen atoms in total. The van der Waals surface area contributed by atoms with E-state index in [4.69, 9.17) is 0 Å². The number of carbonyl (C=O) groups excluding carboxylic acids is 1. The first-order valence-electron chi connectivity index (χ1n) is 9.44. The Hall–Kier alpha value is -2.35. The third-order valence-corrected chi connectivity index (χ3v) is 5.83. The van der Waals surface area contributed by atoms with Crippen LogP contribution in [0.3, 0.4) is 0 Å². The summed E-state index contributed by atoms with van der Waals surface area (Å²) < 4.78 is 3.59. The lowest BCUT2D eigenvalue weighted by molar-refractivity contribution is -0.120. The number of nitrogens with zero attached hydrogens (tertiary/aromatic N) is 4. The van der Waals surface area contributed by atoms with Crippen LogP contribution in [0.2, 0.25) is 0 Å². The summed E-state index contributed by atoms with van der Waals surface area (Å²) in [5, 5.41) is 12.6. The Morgan fingerprint density at radius 2 is 2.11 bits per heavy atom. The van der Waals surface area contributed by atoms with Crippen LogP contribution in [-0.2, 0) is 11.3 Å². The van der Waals surface area contributed by atoms with Gasteiger partial charge in [0.05, 0.1) is 16.2 Å². The third-order valence-electron chi connectivity index (χ3n) is 4.79. The molecule has 0 bridgehead atoms. The Labute approximate surface area is 161 Å². The molecular formula is C19H23N5O2S. The highest BCUT2D eigenvalue weighted by Crippen LogP contribution is 2.26. The summed E-state index contributed by atoms with van der Waals surface area (Å²) in [6.07, 6.45) is 4.00. The molecule has 1 atom stereocenters. The molecule has 1 saturated carbocycles. The average molecular weight is 385 g/mol. The molecule has 0 aliphatic heterocycles. The number of nitrogens with one attached hydrogen (secondary N) is 1. The van der Waals surface area contributed by atoms with Gasteiger partial charge in [-0.3, -0.25) is 18.6 Å². The quantitative estimate of drug-likeness (QED) is 0.632. The van der Waals surface area contributed by atoms with Crippen LogP contribution >= 0.6 is 11.8 Å². The molecule has 142 valence electrons. The van der Waals surface area contributed by atoms with Crippen molar-refractivity contribution in [1.29, 1.82) is 0 Å². The molecule has 8 heteroatoms. The molecule has 0 radical (unpaired) electrons. The molecule has 1 amide bonds. The van der Waals surface area contributed by atoms with Crippen molar-refractivity contribution in [1.82, 2.24) is 24.5 Å². The summed E-state index contributed by atoms with van der Waals surface area (Å²) >= 11 is 1.37. The molecule has 0 spiro atoms. The maximum Gasteiger partial charge on any atom is 0.262 e. The van der Waals surface area contributed by atoms with E-state index in [2.05, 4.69) is 22.4 Å². The van der Waals surface area contributed by atoms with Gasteiger partial charge in [-0.05, 0) is 38.3 Å². The summed E-state index contributed by atoms with van der Waals surface area (Å²) in [5.41, 5.74) is 0.725. The van der Waals surface area contributed by atoms with Gasteiger partial charge in [0.15, 0.2) is 5.16 Å². The molecule has 1 N–H and O–H groups in total. The highest BCUT2D eigenvalue weighted by atomic mass is 32.2. The highest BCUT2D eigenvalue weighted by Gasteiger charge is 2.27. The fourth-order valence-electron chi connectivity index (χ4n) is 3.09. The number of rotatable bonds is 7. The Balaban J connectivity index is 1.79. The van der Waals surface area contributed by atoms with Crippen LogP contribution in [0.15, 0.2) is 34.2 Å². The van der Waals surface area contributed by atoms with Crippen molar-refractivity contribution in [3.8, 4) is 0 Å². The number of hydrogen-bond acceptors (Lipinski definition) is 5. The summed E-state index contributed by atoms with van der Waals surface area (Å²) in [4.78, 5) is 25.3. The number of aryl methyl sites for hydroxylation is 1. The Morgan fingerprint density at radius 3 is 2.85 bits per heavy atom. The minimum atomic E-state index is -0.284. The molecular weight excluding hydrogens is 362 g/mol. The summed E-state index contributed by atoms with van der Waals surface area (Å²) in [5.74, 6) is 0.548. The topological polar surface area (TPSA) is 81.3 Å². The SMILES string of the molecule is CCCCn1c(=O)c2ccccc2n2c(S[C@@H](C)C(=O)NC3CC3)nnc12. The van der Waals surface area contributed by atoms with Crippen LogP contribution in [0.1, 0.15) is 39.5 Å². The van der Waals surface area contributed by atoms with Gasteiger partial charge < -0.3 is 5.32 Å². The molecule has 1 fully saturated rings. The lowest BCUT2D eigenvalue weighted by atomic mass is 10.2. The van der Waals surface area contributed by atoms with E-state index >= 15 is 0 Å². The molecule has 3 aromatic rings. The van der Waals surface area contributed by atoms with Crippen molar-refractivity contribution in [2.75, 3.05) is 0 Å². The first-order valence-corrected chi connectivity index (χ1v) is 10.3. The number of unbranched alkanes of at least 4 members (excludes halogenated alkanes) is 1. The number of hydrogen-bond donors (Lipinski definition) is 1. The lowest BCUT2D eigenvalue weighted by Gasteiger charge is -2.13. The molecule has 0 unspecified atom stereocenters. The standard InChI is InChI=1S/C19H23N5O2S/c1-3-4-11-23-17(26)14-7-5-6-8-15(14)24-18(23)21-22-19(24)27-12(2)16(25)20-13-9-10-13/h5-8,12-13H,3-4,9-11H2,1-2H3,(H,20,25)/t12-/m0/s1. The first-order chi connectivity index (χ1) is 13.1. The van der Waals surface area contributed by atoms with E-state index in [1.807, 2.05) is 35.6 Å². The molecule has 1 aromatic carbocycles. The normalized spacial score (nSPS) is 15.3. The van der Waals surface area contributed by atoms with Gasteiger partial charge in [-0.1, -0.05) is 37.2 Å². The monoisotopic (exact) mass is 385 g/mol. The zero-order chi connectivity index (χ0) is 19.0. The van der Waals surface area contributed by atoms with E-state index in [0.717, 1.165) is 31.2 Å². The van der Waals surface area contributed by atoms with Gasteiger partial charge in [-0.15, -0.1) is 10.2 Å². The van der Waals surface area contributed by atoms with Crippen LogP contribution in [0.4, 0.5) is 0 Å². The van der Waals surface area contributed by atoms with Gasteiger partial charge in [0.25, 0.3) is 5.56 Å². The molecule has 1 aliphatic rings. The first kappa shape index (κ1) is 18.0. The van der Waals surface area contributed by atoms with E-state index in [0.29, 0.717) is 28.9 Å². The number of carbonyl (C=O) groups is 1. The zero-order valence-corrected chi connectivity index (χ0v) is 16.3. The highest BCUT2D eigenvalue weighted by molar-refractivity contribution is 8.00. The fourth-order valence-corrected chi connectivity index (χ4v) is 3.95. The summed E-state index contributed by atoms with van der Waals surface area (Å²) in [6, 6.07) is 7.82. The number of fused-ring (bicyclic) bond motifs is 3. The van der Waals surface area contributed by atoms with E-state index in [-0.39, 0.29) is 16.7 Å². The number of benzene rings is 1. The van der Waals surface area contributed by atoms with Crippen LogP contribution in [0, 0.1) is 0 Å². The average Bonchev–Trinajstić information content (AvgIpc) is 3.39. The molecule has 1 aliphatic carbocycles.